The lowest BCUT2D eigenvalue weighted by atomic mass is 10.1. The molecule has 3 aromatic rings. The molecule has 0 radical (unpaired) electrons. The van der Waals surface area contributed by atoms with E-state index in [4.69, 9.17) is 10.5 Å². The van der Waals surface area contributed by atoms with E-state index in [9.17, 15) is 9.59 Å². The van der Waals surface area contributed by atoms with Gasteiger partial charge >= 0.3 is 0 Å². The van der Waals surface area contributed by atoms with E-state index in [1.54, 1.807) is 28.2 Å². The van der Waals surface area contributed by atoms with Crippen LogP contribution in [0.3, 0.4) is 0 Å². The van der Waals surface area contributed by atoms with E-state index in [1.165, 1.54) is 13.2 Å². The molecule has 0 unspecified atom stereocenters. The average molecular weight is 414 g/mol. The minimum atomic E-state index is -0.362. The van der Waals surface area contributed by atoms with E-state index >= 15 is 0 Å². The quantitative estimate of drug-likeness (QED) is 0.491. The van der Waals surface area contributed by atoms with Crippen molar-refractivity contribution >= 4 is 29.0 Å². The molecule has 0 fully saturated rings. The lowest BCUT2D eigenvalue weighted by Gasteiger charge is -2.11. The number of carbonyl (C=O) groups excluding carboxylic acids is 2. The smallest absolute Gasteiger partial charge is 0.256 e. The van der Waals surface area contributed by atoms with Crippen LogP contribution in [0.4, 0.5) is 5.82 Å². The third kappa shape index (κ3) is 4.82. The third-order valence-corrected chi connectivity index (χ3v) is 5.16. The first-order valence-electron chi connectivity index (χ1n) is 9.09. The summed E-state index contributed by atoms with van der Waals surface area (Å²) >= 11 is 1.60. The number of hydrogen-bond donors (Lipinski definition) is 3. The zero-order chi connectivity index (χ0) is 20.8. The Balaban J connectivity index is 1.78. The molecule has 2 aromatic heterocycles. The highest BCUT2D eigenvalue weighted by atomic mass is 32.1. The van der Waals surface area contributed by atoms with Gasteiger partial charge < -0.3 is 21.1 Å². The molecular weight excluding hydrogens is 390 g/mol. The van der Waals surface area contributed by atoms with Crippen molar-refractivity contribution in [3.8, 4) is 16.3 Å². The number of nitrogens with zero attached hydrogens (tertiary/aromatic N) is 2. The van der Waals surface area contributed by atoms with Crippen LogP contribution in [0, 0.1) is 0 Å². The zero-order valence-electron chi connectivity index (χ0n) is 16.3. The maximum Gasteiger partial charge on any atom is 0.256 e. The fourth-order valence-electron chi connectivity index (χ4n) is 2.80. The van der Waals surface area contributed by atoms with Crippen molar-refractivity contribution in [3.05, 3.63) is 52.9 Å². The Morgan fingerprint density at radius 3 is 2.76 bits per heavy atom. The standard InChI is InChI=1S/C20H23N5O3S/c1-25-15(17-5-3-10-29-17)12-18(24-25)23-19(26)13-6-7-16(28-2)14(11-13)20(27)22-9-4-8-21/h3,5-7,10-12H,4,8-9,21H2,1-2H3,(H,22,27)(H,23,24,26). The van der Waals surface area contributed by atoms with Gasteiger partial charge in [0, 0.05) is 25.2 Å². The Bertz CT molecular complexity index is 998. The fourth-order valence-corrected chi connectivity index (χ4v) is 3.57. The first kappa shape index (κ1) is 20.6. The molecule has 0 bridgehead atoms. The number of nitrogens with one attached hydrogen (secondary N) is 2. The second kappa shape index (κ2) is 9.35. The van der Waals surface area contributed by atoms with Crippen LogP contribution in [-0.2, 0) is 7.05 Å². The number of aryl methyl sites for hydroxylation is 1. The van der Waals surface area contributed by atoms with Crippen LogP contribution in [0.5, 0.6) is 5.75 Å². The molecule has 0 spiro atoms. The molecule has 3 rings (SSSR count). The van der Waals surface area contributed by atoms with Gasteiger partial charge in [0.05, 0.1) is 23.2 Å². The SMILES string of the molecule is COc1ccc(C(=O)Nc2cc(-c3cccs3)n(C)n2)cc1C(=O)NCCCN. The van der Waals surface area contributed by atoms with Crippen LogP contribution in [0.2, 0.25) is 0 Å². The molecule has 0 saturated heterocycles. The highest BCUT2D eigenvalue weighted by Gasteiger charge is 2.17. The van der Waals surface area contributed by atoms with Crippen molar-refractivity contribution in [2.24, 2.45) is 12.8 Å². The molecular formula is C20H23N5O3S. The van der Waals surface area contributed by atoms with E-state index in [2.05, 4.69) is 15.7 Å². The van der Waals surface area contributed by atoms with E-state index in [1.807, 2.05) is 30.6 Å². The molecule has 2 heterocycles. The Morgan fingerprint density at radius 1 is 1.24 bits per heavy atom. The number of hydrogen-bond acceptors (Lipinski definition) is 6. The maximum atomic E-state index is 12.7. The number of nitrogens with two attached hydrogens (primary N) is 1. The summed E-state index contributed by atoms with van der Waals surface area (Å²) in [6.45, 7) is 0.936. The molecule has 0 saturated carbocycles. The summed E-state index contributed by atoms with van der Waals surface area (Å²) in [4.78, 5) is 26.2. The van der Waals surface area contributed by atoms with E-state index in [0.717, 1.165) is 10.6 Å². The summed E-state index contributed by atoms with van der Waals surface area (Å²) in [5, 5.41) is 11.9. The molecule has 0 aliphatic heterocycles. The van der Waals surface area contributed by atoms with E-state index in [0.29, 0.717) is 36.6 Å². The third-order valence-electron chi connectivity index (χ3n) is 4.27. The van der Waals surface area contributed by atoms with Gasteiger partial charge in [-0.3, -0.25) is 14.3 Å². The fraction of sp³-hybridized carbons (Fsp3) is 0.250. The van der Waals surface area contributed by atoms with Crippen LogP contribution in [0.15, 0.2) is 41.8 Å². The van der Waals surface area contributed by atoms with E-state index < -0.39 is 0 Å². The lowest BCUT2D eigenvalue weighted by Crippen LogP contribution is -2.26. The van der Waals surface area contributed by atoms with Gasteiger partial charge in [0.25, 0.3) is 11.8 Å². The molecule has 8 nitrogen and oxygen atoms in total. The van der Waals surface area contributed by atoms with Crippen molar-refractivity contribution in [2.75, 3.05) is 25.5 Å². The van der Waals surface area contributed by atoms with Crippen molar-refractivity contribution < 1.29 is 14.3 Å². The Hall–Kier alpha value is -3.17. The van der Waals surface area contributed by atoms with Gasteiger partial charge in [-0.1, -0.05) is 6.07 Å². The van der Waals surface area contributed by atoms with Gasteiger partial charge in [-0.25, -0.2) is 0 Å². The average Bonchev–Trinajstić information content (AvgIpc) is 3.37. The van der Waals surface area contributed by atoms with Crippen LogP contribution in [0.1, 0.15) is 27.1 Å². The number of carbonyl (C=O) groups is 2. The number of amides is 2. The molecule has 9 heteroatoms. The number of benzene rings is 1. The predicted octanol–water partition coefficient (Wildman–Crippen LogP) is 2.49. The van der Waals surface area contributed by atoms with Gasteiger partial charge in [0.15, 0.2) is 5.82 Å². The number of thiophene rings is 1. The zero-order valence-corrected chi connectivity index (χ0v) is 17.1. The van der Waals surface area contributed by atoms with Gasteiger partial charge in [-0.2, -0.15) is 5.10 Å². The minimum absolute atomic E-state index is 0.289. The van der Waals surface area contributed by atoms with Crippen molar-refractivity contribution in [3.63, 3.8) is 0 Å². The Kier molecular flexibility index (Phi) is 6.63. The van der Waals surface area contributed by atoms with Gasteiger partial charge in [-0.05, 0) is 42.6 Å². The second-order valence-corrected chi connectivity index (χ2v) is 7.23. The van der Waals surface area contributed by atoms with Gasteiger partial charge in [0.2, 0.25) is 0 Å². The monoisotopic (exact) mass is 413 g/mol. The summed E-state index contributed by atoms with van der Waals surface area (Å²) in [5.74, 6) is 0.151. The molecule has 152 valence electrons. The summed E-state index contributed by atoms with van der Waals surface area (Å²) in [7, 11) is 3.30. The minimum Gasteiger partial charge on any atom is -0.496 e. The van der Waals surface area contributed by atoms with Crippen LogP contribution in [-0.4, -0.2) is 41.8 Å². The Labute approximate surface area is 172 Å². The van der Waals surface area contributed by atoms with Gasteiger partial charge in [0.1, 0.15) is 5.75 Å². The second-order valence-electron chi connectivity index (χ2n) is 6.28. The Morgan fingerprint density at radius 2 is 2.07 bits per heavy atom. The molecule has 2 amide bonds. The first-order chi connectivity index (χ1) is 14.0. The molecule has 0 aliphatic carbocycles. The van der Waals surface area contributed by atoms with Crippen LogP contribution in [0.25, 0.3) is 10.6 Å². The number of anilines is 1. The molecule has 4 N–H and O–H groups in total. The van der Waals surface area contributed by atoms with Gasteiger partial charge in [-0.15, -0.1) is 11.3 Å². The largest absolute Gasteiger partial charge is 0.496 e. The van der Waals surface area contributed by atoms with Crippen LogP contribution < -0.4 is 21.1 Å². The predicted molar refractivity (Wildman–Crippen MR) is 113 cm³/mol. The van der Waals surface area contributed by atoms with Crippen molar-refractivity contribution in [1.29, 1.82) is 0 Å². The molecule has 1 aromatic carbocycles. The summed E-state index contributed by atoms with van der Waals surface area (Å²) in [6.07, 6.45) is 0.667. The van der Waals surface area contributed by atoms with Crippen molar-refractivity contribution in [2.45, 2.75) is 6.42 Å². The normalized spacial score (nSPS) is 10.6. The molecule has 0 aliphatic rings. The molecule has 0 atom stereocenters. The summed E-state index contributed by atoms with van der Waals surface area (Å²) in [6, 6.07) is 10.5. The first-order valence-corrected chi connectivity index (χ1v) is 9.97. The number of ether oxygens (including phenoxy) is 1. The summed E-state index contributed by atoms with van der Waals surface area (Å²) < 4.78 is 6.97. The molecule has 29 heavy (non-hydrogen) atoms. The van der Waals surface area contributed by atoms with E-state index in [-0.39, 0.29) is 17.4 Å². The number of rotatable bonds is 8. The van der Waals surface area contributed by atoms with Crippen molar-refractivity contribution in [1.82, 2.24) is 15.1 Å². The summed E-state index contributed by atoms with van der Waals surface area (Å²) in [5.41, 5.74) is 6.98. The number of methoxy groups -OCH3 is 1. The lowest BCUT2D eigenvalue weighted by molar-refractivity contribution is 0.0950. The topological polar surface area (TPSA) is 111 Å². The van der Waals surface area contributed by atoms with Crippen LogP contribution >= 0.6 is 11.3 Å². The highest BCUT2D eigenvalue weighted by Crippen LogP contribution is 2.27. The number of aromatic nitrogens is 2. The maximum absolute atomic E-state index is 12.7. The highest BCUT2D eigenvalue weighted by molar-refractivity contribution is 7.13.